The number of methoxy groups -OCH3 is 2. The van der Waals surface area contributed by atoms with E-state index in [4.69, 9.17) is 9.47 Å². The fraction of sp³-hybridized carbons (Fsp3) is 0.227. The molecule has 27 heavy (non-hydrogen) atoms. The average molecular weight is 361 g/mol. The number of carbonyl (C=O) groups is 2. The topological polar surface area (TPSA) is 65.0 Å². The molecule has 0 aromatic heterocycles. The molecule has 0 N–H and O–H groups in total. The van der Waals surface area contributed by atoms with Crippen LogP contribution in [0.2, 0.25) is 0 Å². The minimum absolute atomic E-state index is 0.0772. The highest BCUT2D eigenvalue weighted by atomic mass is 16.5. The van der Waals surface area contributed by atoms with Crippen LogP contribution in [0, 0.1) is 5.92 Å². The van der Waals surface area contributed by atoms with Gasteiger partial charge in [0.2, 0.25) is 0 Å². The molecule has 0 saturated heterocycles. The molecule has 2 aromatic carbocycles. The molecule has 0 bridgehead atoms. The largest absolute Gasteiger partial charge is 0.497 e. The van der Waals surface area contributed by atoms with Crippen molar-refractivity contribution < 1.29 is 19.1 Å². The molecule has 1 aliphatic heterocycles. The van der Waals surface area contributed by atoms with E-state index in [1.165, 1.54) is 7.11 Å². The molecule has 2 aliphatic rings. The Hall–Kier alpha value is -3.21. The number of hydrogen-bond acceptors (Lipinski definition) is 5. The van der Waals surface area contributed by atoms with Crippen LogP contribution in [-0.2, 0) is 9.53 Å². The molecular weight excluding hydrogens is 342 g/mol. The molecule has 0 fully saturated rings. The van der Waals surface area contributed by atoms with E-state index in [1.807, 2.05) is 49.4 Å². The molecule has 0 amide bonds. The molecule has 5 heteroatoms. The van der Waals surface area contributed by atoms with Gasteiger partial charge in [-0.1, -0.05) is 36.4 Å². The predicted molar refractivity (Wildman–Crippen MR) is 102 cm³/mol. The fourth-order valence-electron chi connectivity index (χ4n) is 3.95. The van der Waals surface area contributed by atoms with Crippen LogP contribution in [-0.4, -0.2) is 31.7 Å². The number of carbonyl (C=O) groups excluding carboxylic acids is 2. The van der Waals surface area contributed by atoms with E-state index in [0.717, 1.165) is 11.1 Å². The second-order valence-corrected chi connectivity index (χ2v) is 6.64. The summed E-state index contributed by atoms with van der Waals surface area (Å²) in [5.41, 5.74) is 4.17. The Bertz CT molecular complexity index is 1000. The Labute approximate surface area is 157 Å². The molecule has 0 radical (unpaired) electrons. The first-order valence-electron chi connectivity index (χ1n) is 8.72. The maximum atomic E-state index is 13.2. The minimum Gasteiger partial charge on any atom is -0.497 e. The summed E-state index contributed by atoms with van der Waals surface area (Å²) in [4.78, 5) is 30.4. The van der Waals surface area contributed by atoms with Gasteiger partial charge >= 0.3 is 5.97 Å². The van der Waals surface area contributed by atoms with E-state index in [9.17, 15) is 9.59 Å². The van der Waals surface area contributed by atoms with Gasteiger partial charge in [0.15, 0.2) is 5.78 Å². The molecule has 2 aromatic rings. The zero-order chi connectivity index (χ0) is 19.1. The second kappa shape index (κ2) is 6.50. The number of hydrogen-bond donors (Lipinski definition) is 0. The zero-order valence-electron chi connectivity index (χ0n) is 15.4. The monoisotopic (exact) mass is 361 g/mol. The summed E-state index contributed by atoms with van der Waals surface area (Å²) in [7, 11) is 2.96. The number of Topliss-reactive ketones (excluding diaryl/α,β-unsaturated/α-hetero) is 1. The van der Waals surface area contributed by atoms with Crippen LogP contribution in [0.4, 0.5) is 0 Å². The Morgan fingerprint density at radius 2 is 1.67 bits per heavy atom. The summed E-state index contributed by atoms with van der Waals surface area (Å²) in [5, 5.41) is 0. The number of esters is 1. The van der Waals surface area contributed by atoms with Crippen LogP contribution in [0.1, 0.15) is 34.3 Å². The van der Waals surface area contributed by atoms with Crippen molar-refractivity contribution in [2.45, 2.75) is 12.8 Å². The number of nitrogens with zero attached hydrogens (tertiary/aromatic N) is 1. The molecule has 2 atom stereocenters. The molecule has 0 spiro atoms. The highest BCUT2D eigenvalue weighted by Gasteiger charge is 2.45. The van der Waals surface area contributed by atoms with Gasteiger partial charge in [-0.25, -0.2) is 0 Å². The van der Waals surface area contributed by atoms with Gasteiger partial charge in [0.05, 0.1) is 19.9 Å². The van der Waals surface area contributed by atoms with Crippen LogP contribution >= 0.6 is 0 Å². The van der Waals surface area contributed by atoms with Crippen LogP contribution in [0.15, 0.2) is 59.1 Å². The van der Waals surface area contributed by atoms with E-state index in [0.29, 0.717) is 28.3 Å². The summed E-state index contributed by atoms with van der Waals surface area (Å²) in [6, 6.07) is 14.9. The number of aliphatic imine (C=N–C) groups is 1. The second-order valence-electron chi connectivity index (χ2n) is 6.64. The molecule has 0 saturated carbocycles. The van der Waals surface area contributed by atoms with Crippen LogP contribution in [0.3, 0.4) is 0 Å². The van der Waals surface area contributed by atoms with E-state index in [-0.39, 0.29) is 5.78 Å². The third kappa shape index (κ3) is 2.58. The van der Waals surface area contributed by atoms with Crippen LogP contribution in [0.25, 0.3) is 5.70 Å². The number of fused-ring (bicyclic) bond motifs is 2. The van der Waals surface area contributed by atoms with Crippen LogP contribution in [0.5, 0.6) is 5.75 Å². The van der Waals surface area contributed by atoms with E-state index in [2.05, 4.69) is 4.99 Å². The first-order chi connectivity index (χ1) is 13.1. The third-order valence-corrected chi connectivity index (χ3v) is 5.24. The lowest BCUT2D eigenvalue weighted by molar-refractivity contribution is -0.143. The number of ether oxygens (including phenoxy) is 2. The van der Waals surface area contributed by atoms with Crippen molar-refractivity contribution in [3.63, 3.8) is 0 Å². The van der Waals surface area contributed by atoms with Crippen molar-refractivity contribution in [2.75, 3.05) is 14.2 Å². The normalized spacial score (nSPS) is 20.7. The summed E-state index contributed by atoms with van der Waals surface area (Å²) >= 11 is 0. The Balaban J connectivity index is 1.92. The number of allylic oxidation sites excluding steroid dienone is 1. The molecule has 136 valence electrons. The van der Waals surface area contributed by atoms with Gasteiger partial charge in [0.25, 0.3) is 0 Å². The molecule has 4 rings (SSSR count). The Morgan fingerprint density at radius 3 is 2.30 bits per heavy atom. The minimum atomic E-state index is -0.639. The van der Waals surface area contributed by atoms with Gasteiger partial charge in [-0.05, 0) is 24.6 Å². The van der Waals surface area contributed by atoms with Crippen molar-refractivity contribution in [3.8, 4) is 5.75 Å². The smallest absolute Gasteiger partial charge is 0.315 e. The van der Waals surface area contributed by atoms with E-state index in [1.54, 1.807) is 13.2 Å². The van der Waals surface area contributed by atoms with Crippen LogP contribution < -0.4 is 4.74 Å². The van der Waals surface area contributed by atoms with Gasteiger partial charge < -0.3 is 9.47 Å². The highest BCUT2D eigenvalue weighted by molar-refractivity contribution is 6.24. The van der Waals surface area contributed by atoms with Gasteiger partial charge in [0, 0.05) is 28.3 Å². The first kappa shape index (κ1) is 17.2. The summed E-state index contributed by atoms with van der Waals surface area (Å²) < 4.78 is 10.3. The van der Waals surface area contributed by atoms with Crippen molar-refractivity contribution in [2.24, 2.45) is 10.9 Å². The van der Waals surface area contributed by atoms with E-state index >= 15 is 0 Å². The summed E-state index contributed by atoms with van der Waals surface area (Å²) in [5.74, 6) is -0.847. The quantitative estimate of drug-likeness (QED) is 0.783. The first-order valence-corrected chi connectivity index (χ1v) is 8.72. The Morgan fingerprint density at radius 1 is 1.00 bits per heavy atom. The lowest BCUT2D eigenvalue weighted by atomic mass is 9.75. The van der Waals surface area contributed by atoms with Crippen molar-refractivity contribution in [3.05, 3.63) is 70.8 Å². The maximum Gasteiger partial charge on any atom is 0.315 e. The van der Waals surface area contributed by atoms with Crippen molar-refractivity contribution in [1.82, 2.24) is 0 Å². The number of rotatable bonds is 3. The van der Waals surface area contributed by atoms with E-state index < -0.39 is 17.8 Å². The molecule has 5 nitrogen and oxygen atoms in total. The van der Waals surface area contributed by atoms with Gasteiger partial charge in [-0.15, -0.1) is 0 Å². The lowest BCUT2D eigenvalue weighted by Gasteiger charge is -2.30. The maximum absolute atomic E-state index is 13.2. The molecule has 1 aliphatic carbocycles. The number of ketones is 1. The number of benzene rings is 2. The standard InChI is InChI=1S/C22H19NO4/c1-12-17(22(25)27-3)18(13-8-10-14(26-2)11-9-13)19-20(23-12)15-6-4-5-7-16(15)21(19)24/h4-11,17-18H,1-3H3/t17?,18-/m1/s1. The summed E-state index contributed by atoms with van der Waals surface area (Å²) in [6.45, 7) is 1.81. The highest BCUT2D eigenvalue weighted by Crippen LogP contribution is 2.48. The lowest BCUT2D eigenvalue weighted by Crippen LogP contribution is -2.34. The fourth-order valence-corrected chi connectivity index (χ4v) is 3.95. The predicted octanol–water partition coefficient (Wildman–Crippen LogP) is 3.65. The molecule has 1 unspecified atom stereocenters. The van der Waals surface area contributed by atoms with Gasteiger partial charge in [0.1, 0.15) is 11.7 Å². The SMILES string of the molecule is COC(=O)C1C(C)=NC2=C(C(=O)c3ccccc32)[C@@H]1c1ccc(OC)cc1. The van der Waals surface area contributed by atoms with Gasteiger partial charge in [-0.3, -0.25) is 14.6 Å². The average Bonchev–Trinajstić information content (AvgIpc) is 2.99. The zero-order valence-corrected chi connectivity index (χ0v) is 15.4. The Kier molecular flexibility index (Phi) is 4.15. The van der Waals surface area contributed by atoms with Gasteiger partial charge in [-0.2, -0.15) is 0 Å². The van der Waals surface area contributed by atoms with Crippen molar-refractivity contribution in [1.29, 1.82) is 0 Å². The molecular formula is C22H19NO4. The molecule has 1 heterocycles. The van der Waals surface area contributed by atoms with Crippen molar-refractivity contribution >= 4 is 23.2 Å². The summed E-state index contributed by atoms with van der Waals surface area (Å²) in [6.07, 6.45) is 0. The third-order valence-electron chi connectivity index (χ3n) is 5.24.